The molecule has 4 nitrogen and oxygen atoms in total. The van der Waals surface area contributed by atoms with E-state index in [0.29, 0.717) is 22.1 Å². The van der Waals surface area contributed by atoms with E-state index >= 15 is 0 Å². The molecule has 0 aliphatic rings. The van der Waals surface area contributed by atoms with E-state index in [1.165, 1.54) is 0 Å². The summed E-state index contributed by atoms with van der Waals surface area (Å²) >= 11 is 12.1. The fourth-order valence-corrected chi connectivity index (χ4v) is 2.12. The molecule has 1 atom stereocenters. The minimum Gasteiger partial charge on any atom is -0.312 e. The third kappa shape index (κ3) is 2.17. The third-order valence-corrected chi connectivity index (χ3v) is 3.59. The van der Waals surface area contributed by atoms with Crippen molar-refractivity contribution in [2.75, 3.05) is 0 Å². The van der Waals surface area contributed by atoms with Crippen molar-refractivity contribution in [2.45, 2.75) is 25.9 Å². The second-order valence-corrected chi connectivity index (χ2v) is 5.32. The Labute approximate surface area is 115 Å². The molecule has 0 aliphatic heterocycles. The zero-order valence-electron chi connectivity index (χ0n) is 10.0. The highest BCUT2D eigenvalue weighted by molar-refractivity contribution is 6.45. The van der Waals surface area contributed by atoms with Crippen LogP contribution in [0.5, 0.6) is 0 Å². The second kappa shape index (κ2) is 4.43. The van der Waals surface area contributed by atoms with Gasteiger partial charge in [-0.25, -0.2) is 0 Å². The van der Waals surface area contributed by atoms with Crippen molar-refractivity contribution in [3.05, 3.63) is 27.9 Å². The molecular weight excluding hydrogens is 271 g/mol. The van der Waals surface area contributed by atoms with Gasteiger partial charge in [-0.1, -0.05) is 23.2 Å². The van der Waals surface area contributed by atoms with Crippen LogP contribution >= 0.6 is 23.2 Å². The minimum atomic E-state index is -0.969. The lowest BCUT2D eigenvalue weighted by Gasteiger charge is -2.15. The first kappa shape index (κ1) is 13.2. The average Bonchev–Trinajstić information content (AvgIpc) is 2.62. The highest BCUT2D eigenvalue weighted by Crippen LogP contribution is 2.31. The summed E-state index contributed by atoms with van der Waals surface area (Å²) < 4.78 is 1.69. The van der Waals surface area contributed by atoms with E-state index in [1.54, 1.807) is 17.7 Å². The van der Waals surface area contributed by atoms with Gasteiger partial charge < -0.3 is 5.73 Å². The summed E-state index contributed by atoms with van der Waals surface area (Å²) in [4.78, 5) is 0. The van der Waals surface area contributed by atoms with Gasteiger partial charge in [-0.3, -0.25) is 4.68 Å². The Kier molecular flexibility index (Phi) is 3.24. The normalized spacial score (nSPS) is 14.4. The molecule has 0 spiro atoms. The van der Waals surface area contributed by atoms with Crippen LogP contribution in [0.1, 0.15) is 12.6 Å². The van der Waals surface area contributed by atoms with Crippen molar-refractivity contribution in [1.82, 2.24) is 9.78 Å². The Bertz CT molecular complexity index is 652. The lowest BCUT2D eigenvalue weighted by Crippen LogP contribution is -2.39. The van der Waals surface area contributed by atoms with Gasteiger partial charge in [0.2, 0.25) is 0 Å². The molecule has 0 fully saturated rings. The first-order valence-corrected chi connectivity index (χ1v) is 6.12. The number of aromatic nitrogens is 2. The quantitative estimate of drug-likeness (QED) is 0.921. The summed E-state index contributed by atoms with van der Waals surface area (Å²) in [6, 6.07) is 5.64. The second-order valence-electron chi connectivity index (χ2n) is 4.53. The number of halogens is 2. The van der Waals surface area contributed by atoms with Crippen LogP contribution in [-0.4, -0.2) is 15.3 Å². The summed E-state index contributed by atoms with van der Waals surface area (Å²) in [7, 11) is 0. The molecular formula is C12H12Cl2N4. The Hall–Kier alpha value is -1.28. The van der Waals surface area contributed by atoms with Crippen molar-refractivity contribution in [3.63, 3.8) is 0 Å². The fraction of sp³-hybridized carbons (Fsp3) is 0.333. The van der Waals surface area contributed by atoms with Crippen molar-refractivity contribution in [1.29, 1.82) is 5.26 Å². The first-order chi connectivity index (χ1) is 8.35. The van der Waals surface area contributed by atoms with Crippen LogP contribution in [0.4, 0.5) is 0 Å². The molecule has 0 saturated heterocycles. The molecule has 1 unspecified atom stereocenters. The van der Waals surface area contributed by atoms with Crippen molar-refractivity contribution in [3.8, 4) is 6.07 Å². The van der Waals surface area contributed by atoms with Gasteiger partial charge in [0.25, 0.3) is 0 Å². The number of nitrogens with zero attached hydrogens (tertiary/aromatic N) is 3. The van der Waals surface area contributed by atoms with E-state index in [0.717, 1.165) is 11.1 Å². The maximum atomic E-state index is 8.96. The van der Waals surface area contributed by atoms with Crippen LogP contribution < -0.4 is 5.73 Å². The van der Waals surface area contributed by atoms with Crippen LogP contribution in [0.3, 0.4) is 0 Å². The molecule has 6 heteroatoms. The SMILES string of the molecule is Cc1c2ccc(Cl)c(Cl)c2nn1CC(C)(N)C#N. The molecule has 0 radical (unpaired) electrons. The van der Waals surface area contributed by atoms with E-state index < -0.39 is 5.54 Å². The molecule has 1 aromatic carbocycles. The number of hydrogen-bond donors (Lipinski definition) is 1. The molecule has 0 aliphatic carbocycles. The predicted molar refractivity (Wildman–Crippen MR) is 72.7 cm³/mol. The Morgan fingerprint density at radius 3 is 2.78 bits per heavy atom. The third-order valence-electron chi connectivity index (χ3n) is 2.80. The van der Waals surface area contributed by atoms with Crippen molar-refractivity contribution in [2.24, 2.45) is 5.73 Å². The zero-order chi connectivity index (χ0) is 13.5. The largest absolute Gasteiger partial charge is 0.312 e. The maximum absolute atomic E-state index is 8.96. The van der Waals surface area contributed by atoms with E-state index in [9.17, 15) is 0 Å². The van der Waals surface area contributed by atoms with Crippen LogP contribution in [0, 0.1) is 18.3 Å². The van der Waals surface area contributed by atoms with Gasteiger partial charge in [-0.15, -0.1) is 0 Å². The van der Waals surface area contributed by atoms with Gasteiger partial charge in [-0.05, 0) is 26.0 Å². The van der Waals surface area contributed by atoms with Gasteiger partial charge in [0.05, 0.1) is 22.7 Å². The van der Waals surface area contributed by atoms with E-state index in [1.807, 2.05) is 19.1 Å². The average molecular weight is 283 g/mol. The van der Waals surface area contributed by atoms with E-state index in [2.05, 4.69) is 5.10 Å². The number of rotatable bonds is 2. The lowest BCUT2D eigenvalue weighted by atomic mass is 10.1. The molecule has 2 aromatic rings. The van der Waals surface area contributed by atoms with Gasteiger partial charge in [-0.2, -0.15) is 10.4 Å². The van der Waals surface area contributed by atoms with Crippen molar-refractivity contribution >= 4 is 34.1 Å². The molecule has 18 heavy (non-hydrogen) atoms. The van der Waals surface area contributed by atoms with Gasteiger partial charge in [0.15, 0.2) is 0 Å². The van der Waals surface area contributed by atoms with Gasteiger partial charge in [0, 0.05) is 11.1 Å². The molecule has 2 N–H and O–H groups in total. The van der Waals surface area contributed by atoms with Crippen LogP contribution in [0.25, 0.3) is 10.9 Å². The number of fused-ring (bicyclic) bond motifs is 1. The zero-order valence-corrected chi connectivity index (χ0v) is 11.5. The highest BCUT2D eigenvalue weighted by atomic mass is 35.5. The maximum Gasteiger partial charge on any atom is 0.121 e. The highest BCUT2D eigenvalue weighted by Gasteiger charge is 2.21. The lowest BCUT2D eigenvalue weighted by molar-refractivity contribution is 0.455. The molecule has 1 heterocycles. The molecule has 0 bridgehead atoms. The summed E-state index contributed by atoms with van der Waals surface area (Å²) in [5, 5.41) is 15.1. The molecule has 0 saturated carbocycles. The smallest absolute Gasteiger partial charge is 0.121 e. The number of hydrogen-bond acceptors (Lipinski definition) is 3. The van der Waals surface area contributed by atoms with Gasteiger partial charge >= 0.3 is 0 Å². The summed E-state index contributed by atoms with van der Waals surface area (Å²) in [6.45, 7) is 3.87. The van der Waals surface area contributed by atoms with Crippen LogP contribution in [0.15, 0.2) is 12.1 Å². The number of aryl methyl sites for hydroxylation is 1. The minimum absolute atomic E-state index is 0.304. The fourth-order valence-electron chi connectivity index (χ4n) is 1.76. The summed E-state index contributed by atoms with van der Waals surface area (Å²) in [6.07, 6.45) is 0. The predicted octanol–water partition coefficient (Wildman–Crippen LogP) is 2.89. The van der Waals surface area contributed by atoms with Crippen LogP contribution in [-0.2, 0) is 6.54 Å². The monoisotopic (exact) mass is 282 g/mol. The first-order valence-electron chi connectivity index (χ1n) is 5.37. The summed E-state index contributed by atoms with van der Waals surface area (Å²) in [5.74, 6) is 0. The molecule has 0 amide bonds. The van der Waals surface area contributed by atoms with Crippen LogP contribution in [0.2, 0.25) is 10.0 Å². The Morgan fingerprint density at radius 2 is 2.17 bits per heavy atom. The summed E-state index contributed by atoms with van der Waals surface area (Å²) in [5.41, 5.74) is 6.40. The molecule has 94 valence electrons. The Balaban J connectivity index is 2.59. The standard InChI is InChI=1S/C12H12Cl2N4/c1-7-8-3-4-9(13)10(14)11(8)17-18(7)6-12(2,16)5-15/h3-4H,6,16H2,1-2H3. The van der Waals surface area contributed by atoms with E-state index in [-0.39, 0.29) is 0 Å². The van der Waals surface area contributed by atoms with E-state index in [4.69, 9.17) is 34.2 Å². The number of nitrogens with two attached hydrogens (primary N) is 1. The Morgan fingerprint density at radius 1 is 1.50 bits per heavy atom. The number of benzene rings is 1. The molecule has 2 rings (SSSR count). The molecule has 1 aromatic heterocycles. The van der Waals surface area contributed by atoms with Gasteiger partial charge in [0.1, 0.15) is 11.1 Å². The van der Waals surface area contributed by atoms with Crippen molar-refractivity contribution < 1.29 is 0 Å². The topological polar surface area (TPSA) is 67.6 Å². The number of nitriles is 1.